The van der Waals surface area contributed by atoms with E-state index < -0.39 is 0 Å². The van der Waals surface area contributed by atoms with Crippen LogP contribution in [0.5, 0.6) is 0 Å². The van der Waals surface area contributed by atoms with E-state index in [1.807, 2.05) is 30.3 Å². The lowest BCUT2D eigenvalue weighted by atomic mass is 9.84. The maximum atomic E-state index is 12.1. The number of nitrogens with zero attached hydrogens (tertiary/aromatic N) is 1. The van der Waals surface area contributed by atoms with Crippen LogP contribution in [-0.2, 0) is 9.53 Å². The van der Waals surface area contributed by atoms with Crippen LogP contribution >= 0.6 is 0 Å². The van der Waals surface area contributed by atoms with Crippen LogP contribution in [0.3, 0.4) is 0 Å². The molecule has 0 spiro atoms. The number of hydrogen-bond acceptors (Lipinski definition) is 3. The zero-order chi connectivity index (χ0) is 14.9. The fourth-order valence-electron chi connectivity index (χ4n) is 4.29. The Hall–Kier alpha value is -1.61. The standard InChI is InChI=1S/C19H23NO2/c21-19-18(16-4-2-1-3-5-16)17(13-22-19)12-20-10-14-6-7-15(11-20)9-8-14/h1-5,14-15H,6-13H2. The second-order valence-corrected chi connectivity index (χ2v) is 7.00. The van der Waals surface area contributed by atoms with Gasteiger partial charge >= 0.3 is 5.97 Å². The number of esters is 1. The number of fused-ring (bicyclic) bond motifs is 4. The molecule has 0 aromatic heterocycles. The molecule has 3 heteroatoms. The molecule has 1 saturated carbocycles. The number of rotatable bonds is 3. The average molecular weight is 297 g/mol. The van der Waals surface area contributed by atoms with E-state index in [0.29, 0.717) is 6.61 Å². The van der Waals surface area contributed by atoms with Gasteiger partial charge in [-0.05, 0) is 48.7 Å². The van der Waals surface area contributed by atoms with Gasteiger partial charge in [0.05, 0.1) is 5.57 Å². The van der Waals surface area contributed by atoms with E-state index >= 15 is 0 Å². The van der Waals surface area contributed by atoms with Crippen molar-refractivity contribution in [2.75, 3.05) is 26.2 Å². The van der Waals surface area contributed by atoms with Crippen molar-refractivity contribution in [3.63, 3.8) is 0 Å². The Morgan fingerprint density at radius 3 is 2.27 bits per heavy atom. The van der Waals surface area contributed by atoms with Gasteiger partial charge in [-0.1, -0.05) is 30.3 Å². The quantitative estimate of drug-likeness (QED) is 0.803. The van der Waals surface area contributed by atoms with Crippen LogP contribution in [0.25, 0.3) is 5.57 Å². The molecule has 3 heterocycles. The van der Waals surface area contributed by atoms with Gasteiger partial charge in [-0.25, -0.2) is 4.79 Å². The summed E-state index contributed by atoms with van der Waals surface area (Å²) in [4.78, 5) is 14.7. The zero-order valence-corrected chi connectivity index (χ0v) is 13.0. The van der Waals surface area contributed by atoms with Crippen molar-refractivity contribution in [2.24, 2.45) is 11.8 Å². The smallest absolute Gasteiger partial charge is 0.339 e. The first-order valence-corrected chi connectivity index (χ1v) is 8.46. The van der Waals surface area contributed by atoms with Crippen LogP contribution in [0.2, 0.25) is 0 Å². The van der Waals surface area contributed by atoms with Crippen LogP contribution in [0.15, 0.2) is 35.9 Å². The van der Waals surface area contributed by atoms with Gasteiger partial charge in [0.2, 0.25) is 0 Å². The lowest BCUT2D eigenvalue weighted by Crippen LogP contribution is -2.31. The predicted molar refractivity (Wildman–Crippen MR) is 86.2 cm³/mol. The number of carbonyl (C=O) groups is 1. The average Bonchev–Trinajstić information content (AvgIpc) is 2.72. The highest BCUT2D eigenvalue weighted by atomic mass is 16.5. The number of hydrogen-bond donors (Lipinski definition) is 0. The first kappa shape index (κ1) is 14.0. The molecule has 0 unspecified atom stereocenters. The molecule has 0 amide bonds. The normalized spacial score (nSPS) is 28.8. The van der Waals surface area contributed by atoms with E-state index in [4.69, 9.17) is 4.74 Å². The van der Waals surface area contributed by atoms with Gasteiger partial charge in [0.15, 0.2) is 0 Å². The lowest BCUT2D eigenvalue weighted by Gasteiger charge is -2.22. The Morgan fingerprint density at radius 1 is 1.00 bits per heavy atom. The topological polar surface area (TPSA) is 29.5 Å². The molecule has 5 rings (SSSR count). The molecule has 1 aromatic rings. The van der Waals surface area contributed by atoms with Gasteiger partial charge < -0.3 is 4.74 Å². The summed E-state index contributed by atoms with van der Waals surface area (Å²) in [6.07, 6.45) is 5.56. The molecular weight excluding hydrogens is 274 g/mol. The zero-order valence-electron chi connectivity index (χ0n) is 13.0. The van der Waals surface area contributed by atoms with E-state index in [0.717, 1.165) is 35.1 Å². The number of benzene rings is 1. The highest BCUT2D eigenvalue weighted by molar-refractivity contribution is 6.19. The summed E-state index contributed by atoms with van der Waals surface area (Å²) in [6.45, 7) is 3.74. The van der Waals surface area contributed by atoms with Crippen LogP contribution in [0.4, 0.5) is 0 Å². The summed E-state index contributed by atoms with van der Waals surface area (Å²) in [5.74, 6) is 1.56. The first-order chi connectivity index (χ1) is 10.8. The van der Waals surface area contributed by atoms with E-state index in [-0.39, 0.29) is 5.97 Å². The highest BCUT2D eigenvalue weighted by Gasteiger charge is 2.32. The van der Waals surface area contributed by atoms with E-state index in [9.17, 15) is 4.79 Å². The first-order valence-electron chi connectivity index (χ1n) is 8.46. The fourth-order valence-corrected chi connectivity index (χ4v) is 4.29. The largest absolute Gasteiger partial charge is 0.457 e. The Labute approximate surface area is 132 Å². The van der Waals surface area contributed by atoms with Gasteiger partial charge in [0, 0.05) is 19.6 Å². The number of cyclic esters (lactones) is 1. The molecule has 116 valence electrons. The van der Waals surface area contributed by atoms with Gasteiger partial charge in [-0.3, -0.25) is 4.90 Å². The van der Waals surface area contributed by atoms with Crippen molar-refractivity contribution in [3.05, 3.63) is 41.5 Å². The minimum Gasteiger partial charge on any atom is -0.457 e. The SMILES string of the molecule is O=C1OCC(CN2CC3CCC(CC3)C2)=C1c1ccccc1. The van der Waals surface area contributed by atoms with Crippen molar-refractivity contribution in [3.8, 4) is 0 Å². The Bertz CT molecular complexity index is 571. The summed E-state index contributed by atoms with van der Waals surface area (Å²) in [5.41, 5.74) is 2.97. The monoisotopic (exact) mass is 297 g/mol. The summed E-state index contributed by atoms with van der Waals surface area (Å²) in [7, 11) is 0. The van der Waals surface area contributed by atoms with Crippen molar-refractivity contribution in [2.45, 2.75) is 25.7 Å². The molecule has 3 nitrogen and oxygen atoms in total. The van der Waals surface area contributed by atoms with Crippen molar-refractivity contribution >= 4 is 11.5 Å². The van der Waals surface area contributed by atoms with Gasteiger partial charge in [0.1, 0.15) is 6.61 Å². The third kappa shape index (κ3) is 2.70. The molecule has 0 radical (unpaired) electrons. The van der Waals surface area contributed by atoms with Gasteiger partial charge in [-0.15, -0.1) is 0 Å². The molecule has 0 atom stereocenters. The third-order valence-electron chi connectivity index (χ3n) is 5.41. The molecule has 1 aromatic carbocycles. The fraction of sp³-hybridized carbons (Fsp3) is 0.526. The van der Waals surface area contributed by atoms with Gasteiger partial charge in [0.25, 0.3) is 0 Å². The minimum atomic E-state index is -0.154. The van der Waals surface area contributed by atoms with Crippen LogP contribution < -0.4 is 0 Å². The lowest BCUT2D eigenvalue weighted by molar-refractivity contribution is -0.134. The number of carbonyl (C=O) groups excluding carboxylic acids is 1. The molecule has 2 saturated heterocycles. The highest BCUT2D eigenvalue weighted by Crippen LogP contribution is 2.35. The molecule has 22 heavy (non-hydrogen) atoms. The second-order valence-electron chi connectivity index (χ2n) is 7.00. The molecule has 1 aliphatic carbocycles. The van der Waals surface area contributed by atoms with Crippen molar-refractivity contribution in [1.82, 2.24) is 4.90 Å². The molecular formula is C19H23NO2. The van der Waals surface area contributed by atoms with E-state index in [1.54, 1.807) is 0 Å². The summed E-state index contributed by atoms with van der Waals surface area (Å²) >= 11 is 0. The van der Waals surface area contributed by atoms with E-state index in [2.05, 4.69) is 4.90 Å². The van der Waals surface area contributed by atoms with Crippen LogP contribution in [0.1, 0.15) is 31.2 Å². The maximum absolute atomic E-state index is 12.1. The third-order valence-corrected chi connectivity index (χ3v) is 5.41. The van der Waals surface area contributed by atoms with Crippen LogP contribution in [-0.4, -0.2) is 37.1 Å². The van der Waals surface area contributed by atoms with Gasteiger partial charge in [-0.2, -0.15) is 0 Å². The number of ether oxygens (including phenoxy) is 1. The summed E-state index contributed by atoms with van der Waals surface area (Å²) < 4.78 is 5.33. The summed E-state index contributed by atoms with van der Waals surface area (Å²) in [5, 5.41) is 0. The Balaban J connectivity index is 1.58. The molecule has 2 bridgehead atoms. The van der Waals surface area contributed by atoms with Crippen molar-refractivity contribution < 1.29 is 9.53 Å². The second kappa shape index (κ2) is 5.88. The molecule has 3 aliphatic heterocycles. The Morgan fingerprint density at radius 2 is 1.64 bits per heavy atom. The van der Waals surface area contributed by atoms with Crippen molar-refractivity contribution in [1.29, 1.82) is 0 Å². The molecule has 3 fully saturated rings. The molecule has 4 aliphatic rings. The minimum absolute atomic E-state index is 0.154. The molecule has 0 N–H and O–H groups in total. The van der Waals surface area contributed by atoms with E-state index in [1.165, 1.54) is 38.8 Å². The summed E-state index contributed by atoms with van der Waals surface area (Å²) in [6, 6.07) is 9.97. The maximum Gasteiger partial charge on any atom is 0.339 e. The Kier molecular flexibility index (Phi) is 3.75. The predicted octanol–water partition coefficient (Wildman–Crippen LogP) is 3.12. The van der Waals surface area contributed by atoms with Crippen LogP contribution in [0, 0.1) is 11.8 Å².